The Morgan fingerprint density at radius 3 is 2.55 bits per heavy atom. The number of rotatable bonds is 9. The van der Waals surface area contributed by atoms with Crippen molar-refractivity contribution in [2.45, 2.75) is 31.6 Å². The van der Waals surface area contributed by atoms with Crippen LogP contribution < -0.4 is 10.0 Å². The van der Waals surface area contributed by atoms with E-state index in [9.17, 15) is 13.2 Å². The van der Waals surface area contributed by atoms with Crippen molar-refractivity contribution in [1.82, 2.24) is 14.9 Å². The lowest BCUT2D eigenvalue weighted by molar-refractivity contribution is 0.102. The van der Waals surface area contributed by atoms with Crippen LogP contribution in [0.4, 0.5) is 5.13 Å². The highest BCUT2D eigenvalue weighted by atomic mass is 32.2. The zero-order chi connectivity index (χ0) is 20.9. The first-order chi connectivity index (χ1) is 13.8. The molecule has 3 aromatic rings. The third-order valence-corrected chi connectivity index (χ3v) is 7.21. The minimum atomic E-state index is -3.62. The van der Waals surface area contributed by atoms with Gasteiger partial charge in [0.05, 0.1) is 4.90 Å². The van der Waals surface area contributed by atoms with Gasteiger partial charge in [0.25, 0.3) is 5.91 Å². The Balaban J connectivity index is 1.58. The number of carbonyl (C=O) groups is 1. The number of thiophene rings is 1. The lowest BCUT2D eigenvalue weighted by Crippen LogP contribution is -2.26. The summed E-state index contributed by atoms with van der Waals surface area (Å²) in [6, 6.07) is 9.72. The highest BCUT2D eigenvalue weighted by Gasteiger charge is 2.16. The minimum Gasteiger partial charge on any atom is -0.296 e. The van der Waals surface area contributed by atoms with E-state index >= 15 is 0 Å². The third-order valence-electron chi connectivity index (χ3n) is 3.94. The number of anilines is 1. The van der Waals surface area contributed by atoms with Crippen molar-refractivity contribution >= 4 is 43.7 Å². The van der Waals surface area contributed by atoms with Gasteiger partial charge in [0.15, 0.2) is 0 Å². The second-order valence-electron chi connectivity index (χ2n) is 6.80. The van der Waals surface area contributed by atoms with Gasteiger partial charge in [-0.2, -0.15) is 0 Å². The van der Waals surface area contributed by atoms with Crippen molar-refractivity contribution in [3.8, 4) is 0 Å². The predicted octanol–water partition coefficient (Wildman–Crippen LogP) is 3.57. The fraction of sp³-hybridized carbons (Fsp3) is 0.316. The molecule has 0 aliphatic rings. The summed E-state index contributed by atoms with van der Waals surface area (Å²) in [5.74, 6) is 0.103. The van der Waals surface area contributed by atoms with Gasteiger partial charge in [0, 0.05) is 23.4 Å². The Kier molecular flexibility index (Phi) is 7.12. The molecule has 0 radical (unpaired) electrons. The first-order valence-corrected chi connectivity index (χ1v) is 12.3. The SMILES string of the molecule is CC(C)Cc1nnc(NC(=O)c2ccc(S(=O)(=O)NCCc3cccs3)cc2)s1. The Bertz CT molecular complexity index is 1040. The number of hydrogen-bond acceptors (Lipinski definition) is 7. The molecule has 1 aromatic carbocycles. The molecule has 154 valence electrons. The molecule has 0 spiro atoms. The zero-order valence-electron chi connectivity index (χ0n) is 16.1. The molecule has 0 saturated heterocycles. The molecule has 10 heteroatoms. The van der Waals surface area contributed by atoms with E-state index in [-0.39, 0.29) is 10.8 Å². The molecule has 3 rings (SSSR count). The fourth-order valence-corrected chi connectivity index (χ4v) is 5.23. The molecule has 1 amide bonds. The van der Waals surface area contributed by atoms with Crippen LogP contribution in [0.15, 0.2) is 46.7 Å². The third kappa shape index (κ3) is 6.17. The van der Waals surface area contributed by atoms with E-state index in [1.807, 2.05) is 17.5 Å². The Morgan fingerprint density at radius 1 is 1.14 bits per heavy atom. The van der Waals surface area contributed by atoms with E-state index in [1.165, 1.54) is 35.6 Å². The summed E-state index contributed by atoms with van der Waals surface area (Å²) in [7, 11) is -3.62. The fourth-order valence-electron chi connectivity index (χ4n) is 2.54. The first-order valence-electron chi connectivity index (χ1n) is 9.09. The maximum absolute atomic E-state index is 12.4. The molecular formula is C19H22N4O3S3. The average Bonchev–Trinajstić information content (AvgIpc) is 3.33. The quantitative estimate of drug-likeness (QED) is 0.519. The smallest absolute Gasteiger partial charge is 0.257 e. The number of nitrogens with one attached hydrogen (secondary N) is 2. The van der Waals surface area contributed by atoms with Crippen molar-refractivity contribution in [1.29, 1.82) is 0 Å². The number of hydrogen-bond donors (Lipinski definition) is 2. The van der Waals surface area contributed by atoms with E-state index in [1.54, 1.807) is 11.3 Å². The summed E-state index contributed by atoms with van der Waals surface area (Å²) in [6.07, 6.45) is 1.44. The Morgan fingerprint density at radius 2 is 1.90 bits per heavy atom. The molecule has 0 aliphatic carbocycles. The standard InChI is InChI=1S/C19H22N4O3S3/c1-13(2)12-17-22-23-19(28-17)21-18(24)14-5-7-16(8-6-14)29(25,26)20-10-9-15-4-3-11-27-15/h3-8,11,13,20H,9-10,12H2,1-2H3,(H,21,23,24). The van der Waals surface area contributed by atoms with Gasteiger partial charge >= 0.3 is 0 Å². The van der Waals surface area contributed by atoms with Crippen molar-refractivity contribution < 1.29 is 13.2 Å². The van der Waals surface area contributed by atoms with Crippen molar-refractivity contribution in [3.05, 3.63) is 57.2 Å². The number of amides is 1. The number of carbonyl (C=O) groups excluding carboxylic acids is 1. The van der Waals surface area contributed by atoms with Gasteiger partial charge < -0.3 is 0 Å². The van der Waals surface area contributed by atoms with Crippen LogP contribution in [0.2, 0.25) is 0 Å². The molecule has 7 nitrogen and oxygen atoms in total. The van der Waals surface area contributed by atoms with E-state index < -0.39 is 10.0 Å². The number of sulfonamides is 1. The Labute approximate surface area is 178 Å². The van der Waals surface area contributed by atoms with Gasteiger partial charge in [-0.15, -0.1) is 21.5 Å². The number of aromatic nitrogens is 2. The summed E-state index contributed by atoms with van der Waals surface area (Å²) in [6.45, 7) is 4.50. The first kappa shape index (κ1) is 21.6. The second-order valence-corrected chi connectivity index (χ2v) is 10.7. The molecule has 0 bridgehead atoms. The van der Waals surface area contributed by atoms with E-state index in [4.69, 9.17) is 0 Å². The normalized spacial score (nSPS) is 11.7. The van der Waals surface area contributed by atoms with Crippen LogP contribution in [0.3, 0.4) is 0 Å². The van der Waals surface area contributed by atoms with E-state index in [0.29, 0.717) is 29.6 Å². The maximum Gasteiger partial charge on any atom is 0.257 e. The van der Waals surface area contributed by atoms with Gasteiger partial charge in [0.1, 0.15) is 5.01 Å². The maximum atomic E-state index is 12.4. The van der Waals surface area contributed by atoms with Crippen LogP contribution >= 0.6 is 22.7 Å². The summed E-state index contributed by atoms with van der Waals surface area (Å²) in [5, 5.41) is 14.0. The molecule has 0 aliphatic heterocycles. The van der Waals surface area contributed by atoms with Gasteiger partial charge in [-0.3, -0.25) is 10.1 Å². The Hall–Kier alpha value is -2.14. The van der Waals surface area contributed by atoms with Crippen LogP contribution in [-0.2, 0) is 22.9 Å². The predicted molar refractivity (Wildman–Crippen MR) is 116 cm³/mol. The zero-order valence-corrected chi connectivity index (χ0v) is 18.5. The number of benzene rings is 1. The molecule has 0 unspecified atom stereocenters. The van der Waals surface area contributed by atoms with Crippen molar-refractivity contribution in [2.75, 3.05) is 11.9 Å². The molecule has 0 atom stereocenters. The van der Waals surface area contributed by atoms with Crippen LogP contribution in [0.5, 0.6) is 0 Å². The molecule has 2 aromatic heterocycles. The summed E-state index contributed by atoms with van der Waals surface area (Å²) >= 11 is 2.93. The summed E-state index contributed by atoms with van der Waals surface area (Å²) in [4.78, 5) is 13.6. The summed E-state index contributed by atoms with van der Waals surface area (Å²) < 4.78 is 27.4. The van der Waals surface area contributed by atoms with Crippen molar-refractivity contribution in [3.63, 3.8) is 0 Å². The molecule has 29 heavy (non-hydrogen) atoms. The van der Waals surface area contributed by atoms with E-state index in [0.717, 1.165) is 16.3 Å². The monoisotopic (exact) mass is 450 g/mol. The van der Waals surface area contributed by atoms with Gasteiger partial charge in [-0.05, 0) is 48.1 Å². The van der Waals surface area contributed by atoms with Gasteiger partial charge in [-0.25, -0.2) is 13.1 Å². The molecular weight excluding hydrogens is 428 g/mol. The van der Waals surface area contributed by atoms with Crippen LogP contribution in [0.25, 0.3) is 0 Å². The molecule has 2 N–H and O–H groups in total. The van der Waals surface area contributed by atoms with Crippen LogP contribution in [0, 0.1) is 5.92 Å². The highest BCUT2D eigenvalue weighted by Crippen LogP contribution is 2.19. The average molecular weight is 451 g/mol. The summed E-state index contributed by atoms with van der Waals surface area (Å²) in [5.41, 5.74) is 0.350. The van der Waals surface area contributed by atoms with E-state index in [2.05, 4.69) is 34.1 Å². The highest BCUT2D eigenvalue weighted by molar-refractivity contribution is 7.89. The minimum absolute atomic E-state index is 0.121. The lowest BCUT2D eigenvalue weighted by atomic mass is 10.1. The second kappa shape index (κ2) is 9.57. The molecule has 0 fully saturated rings. The largest absolute Gasteiger partial charge is 0.296 e. The van der Waals surface area contributed by atoms with Crippen LogP contribution in [0.1, 0.15) is 34.1 Å². The molecule has 2 heterocycles. The topological polar surface area (TPSA) is 101 Å². The van der Waals surface area contributed by atoms with Crippen LogP contribution in [-0.4, -0.2) is 31.1 Å². The van der Waals surface area contributed by atoms with Gasteiger partial charge in [-0.1, -0.05) is 31.3 Å². The molecule has 0 saturated carbocycles. The van der Waals surface area contributed by atoms with Crippen molar-refractivity contribution in [2.24, 2.45) is 5.92 Å². The van der Waals surface area contributed by atoms with Gasteiger partial charge in [0.2, 0.25) is 15.2 Å². The number of nitrogens with zero attached hydrogens (tertiary/aromatic N) is 2. The lowest BCUT2D eigenvalue weighted by Gasteiger charge is -2.07.